The average molecular weight is 388 g/mol. The van der Waals surface area contributed by atoms with Crippen LogP contribution in [0.3, 0.4) is 0 Å². The molecular formula is C22H24N6O. The Kier molecular flexibility index (Phi) is 4.60. The van der Waals surface area contributed by atoms with Gasteiger partial charge in [-0.05, 0) is 63.0 Å². The van der Waals surface area contributed by atoms with Crippen LogP contribution >= 0.6 is 0 Å². The number of hydrogen-bond acceptors (Lipinski definition) is 6. The standard InChI is InChI=1S/C22H24N6O/c1-15-11-19(25-28-13-16(2)23-21(15)28)22-24-20(26-29-22)18-8-6-7-17(12-18)14-27-9-4-3-5-10-27/h6-8,11-13H,3-5,9-10,14H2,1-2H3. The number of aromatic nitrogens is 5. The van der Waals surface area contributed by atoms with Crippen LogP contribution in [0.5, 0.6) is 0 Å². The van der Waals surface area contributed by atoms with E-state index in [0.717, 1.165) is 29.0 Å². The summed E-state index contributed by atoms with van der Waals surface area (Å²) in [6.45, 7) is 7.29. The second-order valence-corrected chi connectivity index (χ2v) is 7.82. The predicted octanol–water partition coefficient (Wildman–Crippen LogP) is 4.05. The fourth-order valence-electron chi connectivity index (χ4n) is 3.98. The summed E-state index contributed by atoms with van der Waals surface area (Å²) in [6.07, 6.45) is 5.83. The van der Waals surface area contributed by atoms with E-state index < -0.39 is 0 Å². The number of piperidine rings is 1. The van der Waals surface area contributed by atoms with Crippen molar-refractivity contribution < 1.29 is 4.52 Å². The van der Waals surface area contributed by atoms with Crippen LogP contribution in [0.2, 0.25) is 0 Å². The van der Waals surface area contributed by atoms with Gasteiger partial charge in [0, 0.05) is 12.1 Å². The zero-order valence-corrected chi connectivity index (χ0v) is 16.8. The van der Waals surface area contributed by atoms with Gasteiger partial charge in [-0.25, -0.2) is 9.50 Å². The van der Waals surface area contributed by atoms with Crippen molar-refractivity contribution in [1.82, 2.24) is 29.6 Å². The van der Waals surface area contributed by atoms with Crippen LogP contribution in [0.25, 0.3) is 28.6 Å². The maximum Gasteiger partial charge on any atom is 0.278 e. The topological polar surface area (TPSA) is 72.3 Å². The third kappa shape index (κ3) is 3.65. The fourth-order valence-corrected chi connectivity index (χ4v) is 3.98. The van der Waals surface area contributed by atoms with Crippen LogP contribution in [0, 0.1) is 13.8 Å². The molecule has 0 bridgehead atoms. The van der Waals surface area contributed by atoms with Crippen molar-refractivity contribution >= 4 is 5.65 Å². The summed E-state index contributed by atoms with van der Waals surface area (Å²) in [4.78, 5) is 11.6. The molecule has 5 rings (SSSR count). The van der Waals surface area contributed by atoms with Crippen LogP contribution < -0.4 is 0 Å². The van der Waals surface area contributed by atoms with E-state index in [2.05, 4.69) is 43.3 Å². The molecule has 7 nitrogen and oxygen atoms in total. The molecule has 4 heterocycles. The molecule has 0 atom stereocenters. The molecule has 7 heteroatoms. The van der Waals surface area contributed by atoms with Gasteiger partial charge in [-0.1, -0.05) is 29.8 Å². The fraction of sp³-hybridized carbons (Fsp3) is 0.364. The number of benzene rings is 1. The Bertz CT molecular complexity index is 1160. The van der Waals surface area contributed by atoms with Gasteiger partial charge in [0.25, 0.3) is 5.89 Å². The van der Waals surface area contributed by atoms with Crippen molar-refractivity contribution in [3.8, 4) is 23.0 Å². The summed E-state index contributed by atoms with van der Waals surface area (Å²) in [7, 11) is 0. The van der Waals surface area contributed by atoms with Gasteiger partial charge in [0.1, 0.15) is 5.69 Å². The zero-order chi connectivity index (χ0) is 19.8. The number of nitrogens with zero attached hydrogens (tertiary/aromatic N) is 6. The minimum atomic E-state index is 0.415. The minimum Gasteiger partial charge on any atom is -0.332 e. The van der Waals surface area contributed by atoms with E-state index in [1.165, 1.54) is 37.9 Å². The Labute approximate surface area is 169 Å². The Balaban J connectivity index is 1.42. The summed E-state index contributed by atoms with van der Waals surface area (Å²) >= 11 is 0. The molecular weight excluding hydrogens is 364 g/mol. The minimum absolute atomic E-state index is 0.415. The molecule has 148 valence electrons. The van der Waals surface area contributed by atoms with E-state index in [-0.39, 0.29) is 0 Å². The lowest BCUT2D eigenvalue weighted by atomic mass is 10.1. The molecule has 1 saturated heterocycles. The van der Waals surface area contributed by atoms with Crippen molar-refractivity contribution in [1.29, 1.82) is 0 Å². The summed E-state index contributed by atoms with van der Waals surface area (Å²) in [5.41, 5.74) is 5.68. The molecule has 1 aliphatic heterocycles. The number of imidazole rings is 1. The van der Waals surface area contributed by atoms with E-state index in [1.807, 2.05) is 32.2 Å². The number of hydrogen-bond donors (Lipinski definition) is 0. The van der Waals surface area contributed by atoms with Gasteiger partial charge in [-0.15, -0.1) is 0 Å². The van der Waals surface area contributed by atoms with Gasteiger partial charge in [-0.3, -0.25) is 4.90 Å². The highest BCUT2D eigenvalue weighted by Gasteiger charge is 2.16. The normalized spacial score (nSPS) is 15.2. The van der Waals surface area contributed by atoms with Crippen molar-refractivity contribution in [3.05, 3.63) is 53.3 Å². The molecule has 1 aliphatic rings. The molecule has 4 aromatic rings. The van der Waals surface area contributed by atoms with Gasteiger partial charge in [0.15, 0.2) is 5.65 Å². The molecule has 3 aromatic heterocycles. The number of fused-ring (bicyclic) bond motifs is 1. The Morgan fingerprint density at radius 3 is 2.76 bits per heavy atom. The maximum absolute atomic E-state index is 5.54. The molecule has 1 fully saturated rings. The van der Waals surface area contributed by atoms with E-state index >= 15 is 0 Å². The first kappa shape index (κ1) is 18.0. The summed E-state index contributed by atoms with van der Waals surface area (Å²) in [6, 6.07) is 10.3. The third-order valence-corrected chi connectivity index (χ3v) is 5.41. The molecule has 0 saturated carbocycles. The lowest BCUT2D eigenvalue weighted by Gasteiger charge is -2.26. The monoisotopic (exact) mass is 388 g/mol. The summed E-state index contributed by atoms with van der Waals surface area (Å²) in [5, 5.41) is 8.78. The van der Waals surface area contributed by atoms with Crippen LogP contribution in [0.1, 0.15) is 36.1 Å². The molecule has 0 spiro atoms. The molecule has 0 unspecified atom stereocenters. The Morgan fingerprint density at radius 2 is 1.90 bits per heavy atom. The highest BCUT2D eigenvalue weighted by molar-refractivity contribution is 5.60. The quantitative estimate of drug-likeness (QED) is 0.525. The van der Waals surface area contributed by atoms with Gasteiger partial charge in [-0.2, -0.15) is 10.1 Å². The largest absolute Gasteiger partial charge is 0.332 e. The highest BCUT2D eigenvalue weighted by atomic mass is 16.5. The van der Waals surface area contributed by atoms with Gasteiger partial charge < -0.3 is 4.52 Å². The van der Waals surface area contributed by atoms with Crippen molar-refractivity contribution in [3.63, 3.8) is 0 Å². The molecule has 1 aromatic carbocycles. The Hall–Kier alpha value is -3.06. The van der Waals surface area contributed by atoms with E-state index in [1.54, 1.807) is 4.52 Å². The average Bonchev–Trinajstić information content (AvgIpc) is 3.36. The van der Waals surface area contributed by atoms with E-state index in [9.17, 15) is 0 Å². The second kappa shape index (κ2) is 7.40. The molecule has 0 aliphatic carbocycles. The van der Waals surface area contributed by atoms with Crippen molar-refractivity contribution in [2.45, 2.75) is 39.7 Å². The third-order valence-electron chi connectivity index (χ3n) is 5.41. The smallest absolute Gasteiger partial charge is 0.278 e. The molecule has 0 N–H and O–H groups in total. The SMILES string of the molecule is Cc1cn2nc(-c3nc(-c4cccc(CN5CCCCC5)c4)no3)cc(C)c2n1. The lowest BCUT2D eigenvalue weighted by molar-refractivity contribution is 0.221. The van der Waals surface area contributed by atoms with Crippen LogP contribution in [-0.2, 0) is 6.54 Å². The Morgan fingerprint density at radius 1 is 1.03 bits per heavy atom. The number of aryl methyl sites for hydroxylation is 2. The van der Waals surface area contributed by atoms with Gasteiger partial charge in [0.2, 0.25) is 5.82 Å². The first-order chi connectivity index (χ1) is 14.2. The lowest BCUT2D eigenvalue weighted by Crippen LogP contribution is -2.29. The first-order valence-electron chi connectivity index (χ1n) is 10.1. The zero-order valence-electron chi connectivity index (χ0n) is 16.8. The van der Waals surface area contributed by atoms with Gasteiger partial charge >= 0.3 is 0 Å². The number of likely N-dealkylation sites (tertiary alicyclic amines) is 1. The van der Waals surface area contributed by atoms with Crippen LogP contribution in [-0.4, -0.2) is 42.7 Å². The second-order valence-electron chi connectivity index (χ2n) is 7.82. The highest BCUT2D eigenvalue weighted by Crippen LogP contribution is 2.24. The molecule has 0 radical (unpaired) electrons. The first-order valence-corrected chi connectivity index (χ1v) is 10.1. The summed E-state index contributed by atoms with van der Waals surface area (Å²) in [5.74, 6) is 1.000. The van der Waals surface area contributed by atoms with E-state index in [4.69, 9.17) is 4.52 Å². The van der Waals surface area contributed by atoms with Crippen molar-refractivity contribution in [2.75, 3.05) is 13.1 Å². The van der Waals surface area contributed by atoms with Gasteiger partial charge in [0.05, 0.1) is 11.9 Å². The molecule has 29 heavy (non-hydrogen) atoms. The summed E-state index contributed by atoms with van der Waals surface area (Å²) < 4.78 is 7.30. The maximum atomic E-state index is 5.54. The van der Waals surface area contributed by atoms with E-state index in [0.29, 0.717) is 17.4 Å². The molecule has 0 amide bonds. The number of rotatable bonds is 4. The van der Waals surface area contributed by atoms with Crippen LogP contribution in [0.15, 0.2) is 41.1 Å². The van der Waals surface area contributed by atoms with Crippen LogP contribution in [0.4, 0.5) is 0 Å². The van der Waals surface area contributed by atoms with Crippen molar-refractivity contribution in [2.24, 2.45) is 0 Å². The predicted molar refractivity (Wildman–Crippen MR) is 110 cm³/mol.